The van der Waals surface area contributed by atoms with Gasteiger partial charge in [0.15, 0.2) is 5.78 Å². The molecule has 2 heterocycles. The van der Waals surface area contributed by atoms with E-state index in [1.807, 2.05) is 30.3 Å². The summed E-state index contributed by atoms with van der Waals surface area (Å²) in [5, 5.41) is 11.5. The van der Waals surface area contributed by atoms with Gasteiger partial charge in [0.25, 0.3) is 20.2 Å². The third kappa shape index (κ3) is 10.1. The van der Waals surface area contributed by atoms with Crippen LogP contribution in [0.5, 0.6) is 17.2 Å². The van der Waals surface area contributed by atoms with Gasteiger partial charge < -0.3 is 24.0 Å². The van der Waals surface area contributed by atoms with E-state index < -0.39 is 30.0 Å². The Kier molecular flexibility index (Phi) is 13.5. The first-order valence-electron chi connectivity index (χ1n) is 18.7. The number of fused-ring (bicyclic) bond motifs is 4. The molecule has 1 aliphatic heterocycles. The number of likely N-dealkylation sites (N-methyl/N-ethyl adjacent to an activating group) is 1. The van der Waals surface area contributed by atoms with E-state index in [1.165, 1.54) is 78.4 Å². The van der Waals surface area contributed by atoms with Gasteiger partial charge in [0, 0.05) is 65.6 Å². The van der Waals surface area contributed by atoms with Gasteiger partial charge >= 0.3 is 0 Å². The summed E-state index contributed by atoms with van der Waals surface area (Å²) in [7, 11) is -3.81. The van der Waals surface area contributed by atoms with Gasteiger partial charge in [0.1, 0.15) is 32.6 Å². The SMILES string of the molecule is CN1CCc2c(c3ccccc3n2Cc2ccccc2)C1.COc1cc(O)c(C(=O)C=Cc2ccccc2)c(OC)c1.O=S(=O)(O)c1cccc2c(S(=O)(=O)O)cccc12. The lowest BCUT2D eigenvalue weighted by atomic mass is 10.1. The molecule has 0 saturated carbocycles. The van der Waals surface area contributed by atoms with Crippen LogP contribution < -0.4 is 9.47 Å². The molecule has 310 valence electrons. The number of nitrogens with zero attached hydrogens (tertiary/aromatic N) is 2. The Morgan fingerprint density at radius 2 is 1.28 bits per heavy atom. The molecule has 12 nitrogen and oxygen atoms in total. The monoisotopic (exact) mass is 848 g/mol. The molecule has 0 amide bonds. The van der Waals surface area contributed by atoms with Crippen molar-refractivity contribution in [3.8, 4) is 17.2 Å². The quantitative estimate of drug-likeness (QED) is 0.0725. The Hall–Kier alpha value is -6.29. The molecule has 0 spiro atoms. The van der Waals surface area contributed by atoms with Gasteiger partial charge in [-0.3, -0.25) is 13.9 Å². The van der Waals surface area contributed by atoms with Crippen molar-refractivity contribution < 1.29 is 45.3 Å². The molecule has 1 aliphatic rings. The number of hydrogen-bond acceptors (Lipinski definition) is 9. The highest BCUT2D eigenvalue weighted by molar-refractivity contribution is 7.86. The van der Waals surface area contributed by atoms with Crippen LogP contribution in [0.25, 0.3) is 27.8 Å². The smallest absolute Gasteiger partial charge is 0.295 e. The maximum Gasteiger partial charge on any atom is 0.295 e. The number of carbonyl (C=O) groups is 1. The van der Waals surface area contributed by atoms with Crippen LogP contribution >= 0.6 is 0 Å². The van der Waals surface area contributed by atoms with Gasteiger partial charge in [-0.25, -0.2) is 0 Å². The Morgan fingerprint density at radius 1 is 0.717 bits per heavy atom. The molecule has 0 fully saturated rings. The highest BCUT2D eigenvalue weighted by Gasteiger charge is 2.23. The Bertz CT molecular complexity index is 2820. The van der Waals surface area contributed by atoms with E-state index >= 15 is 0 Å². The lowest BCUT2D eigenvalue weighted by Crippen LogP contribution is -2.27. The van der Waals surface area contributed by atoms with Crippen LogP contribution in [-0.4, -0.2) is 74.1 Å². The molecule has 0 unspecified atom stereocenters. The van der Waals surface area contributed by atoms with Crippen molar-refractivity contribution in [3.05, 3.63) is 167 Å². The number of benzene rings is 6. The minimum Gasteiger partial charge on any atom is -0.507 e. The van der Waals surface area contributed by atoms with Crippen LogP contribution in [0, 0.1) is 0 Å². The summed E-state index contributed by atoms with van der Waals surface area (Å²) < 4.78 is 75.4. The summed E-state index contributed by atoms with van der Waals surface area (Å²) in [4.78, 5) is 13.8. The number of para-hydroxylation sites is 1. The van der Waals surface area contributed by atoms with Crippen molar-refractivity contribution in [3.63, 3.8) is 0 Å². The summed E-state index contributed by atoms with van der Waals surface area (Å²) >= 11 is 0. The number of carbonyl (C=O) groups excluding carboxylic acids is 1. The second-order valence-electron chi connectivity index (χ2n) is 13.9. The molecule has 60 heavy (non-hydrogen) atoms. The first kappa shape index (κ1) is 43.3. The van der Waals surface area contributed by atoms with Crippen LogP contribution in [0.2, 0.25) is 0 Å². The Labute approximate surface area is 349 Å². The van der Waals surface area contributed by atoms with E-state index in [-0.39, 0.29) is 33.6 Å². The van der Waals surface area contributed by atoms with Gasteiger partial charge in [0.2, 0.25) is 0 Å². The predicted molar refractivity (Wildman–Crippen MR) is 232 cm³/mol. The summed E-state index contributed by atoms with van der Waals surface area (Å²) in [5.74, 6) is 0.187. The highest BCUT2D eigenvalue weighted by atomic mass is 32.2. The molecular weight excluding hydrogens is 805 g/mol. The topological polar surface area (TPSA) is 173 Å². The fraction of sp³-hybridized carbons (Fsp3) is 0.152. The van der Waals surface area contributed by atoms with E-state index in [4.69, 9.17) is 18.6 Å². The zero-order valence-corrected chi connectivity index (χ0v) is 34.7. The summed E-state index contributed by atoms with van der Waals surface area (Å²) in [6.45, 7) is 3.19. The number of ether oxygens (including phenoxy) is 2. The molecule has 7 aromatic rings. The maximum atomic E-state index is 12.3. The number of methoxy groups -OCH3 is 2. The van der Waals surface area contributed by atoms with Crippen molar-refractivity contribution in [1.29, 1.82) is 0 Å². The van der Waals surface area contributed by atoms with Crippen LogP contribution in [0.4, 0.5) is 0 Å². The number of phenolic OH excluding ortho intramolecular Hbond substituents is 1. The van der Waals surface area contributed by atoms with Crippen molar-refractivity contribution in [2.75, 3.05) is 27.8 Å². The Morgan fingerprint density at radius 3 is 1.87 bits per heavy atom. The maximum absolute atomic E-state index is 12.3. The van der Waals surface area contributed by atoms with Gasteiger partial charge in [-0.05, 0) is 48.0 Å². The molecule has 0 aliphatic carbocycles. The van der Waals surface area contributed by atoms with E-state index in [9.17, 15) is 26.7 Å². The molecule has 6 aromatic carbocycles. The number of phenols is 1. The van der Waals surface area contributed by atoms with Gasteiger partial charge in [-0.15, -0.1) is 0 Å². The van der Waals surface area contributed by atoms with Crippen molar-refractivity contribution in [1.82, 2.24) is 9.47 Å². The van der Waals surface area contributed by atoms with E-state index in [2.05, 4.69) is 71.1 Å². The predicted octanol–water partition coefficient (Wildman–Crippen LogP) is 8.32. The van der Waals surface area contributed by atoms with Crippen LogP contribution in [0.15, 0.2) is 149 Å². The van der Waals surface area contributed by atoms with Gasteiger partial charge in [-0.2, -0.15) is 16.8 Å². The minimum atomic E-state index is -4.47. The number of aromatic hydroxyl groups is 1. The van der Waals surface area contributed by atoms with E-state index in [0.29, 0.717) is 5.75 Å². The second kappa shape index (κ2) is 18.7. The van der Waals surface area contributed by atoms with Gasteiger partial charge in [0.05, 0.1) is 14.2 Å². The average molecular weight is 849 g/mol. The molecular formula is C46H44N2O10S2. The molecule has 14 heteroatoms. The molecule has 0 radical (unpaired) electrons. The normalized spacial score (nSPS) is 12.9. The zero-order chi connectivity index (χ0) is 43.0. The number of rotatable bonds is 9. The number of aromatic nitrogens is 1. The highest BCUT2D eigenvalue weighted by Crippen LogP contribution is 2.34. The first-order valence-corrected chi connectivity index (χ1v) is 21.6. The van der Waals surface area contributed by atoms with E-state index in [0.717, 1.165) is 43.8 Å². The van der Waals surface area contributed by atoms with Crippen molar-refractivity contribution in [2.45, 2.75) is 29.3 Å². The van der Waals surface area contributed by atoms with Crippen molar-refractivity contribution >= 4 is 53.8 Å². The van der Waals surface area contributed by atoms with Crippen molar-refractivity contribution in [2.24, 2.45) is 0 Å². The summed E-state index contributed by atoms with van der Waals surface area (Å²) in [5.41, 5.74) is 6.82. The third-order valence-corrected chi connectivity index (χ3v) is 11.7. The minimum absolute atomic E-state index is 0.0233. The Balaban J connectivity index is 0.000000152. The number of hydrogen-bond donors (Lipinski definition) is 3. The third-order valence-electron chi connectivity index (χ3n) is 9.92. The van der Waals surface area contributed by atoms with Gasteiger partial charge in [-0.1, -0.05) is 109 Å². The van der Waals surface area contributed by atoms with Crippen LogP contribution in [0.1, 0.15) is 32.7 Å². The zero-order valence-electron chi connectivity index (χ0n) is 33.1. The number of ketones is 1. The largest absolute Gasteiger partial charge is 0.507 e. The summed E-state index contributed by atoms with van der Waals surface area (Å²) in [6, 6.07) is 39.5. The molecule has 8 rings (SSSR count). The molecule has 0 bridgehead atoms. The lowest BCUT2D eigenvalue weighted by molar-refractivity contribution is 0.104. The molecule has 1 aromatic heterocycles. The standard InChI is InChI=1S/C19H20N2.C17H16O4.C10H8O6S2/c1-20-12-11-19-17(14-20)16-9-5-6-10-18(16)21(19)13-15-7-3-2-4-8-15;1-20-13-10-15(19)17(16(11-13)21-2)14(18)9-8-12-6-4-3-5-7-12;11-17(12,13)9-5-1-3-7-8(9)4-2-6-10(7)18(14,15)16/h2-10H,11-14H2,1H3;3-11,19H,1-2H3;1-6H,(H,11,12,13)(H,14,15,16). The second-order valence-corrected chi connectivity index (χ2v) is 16.7. The number of allylic oxidation sites excluding steroid dienone is 1. The fourth-order valence-electron chi connectivity index (χ4n) is 7.11. The average Bonchev–Trinajstić information content (AvgIpc) is 3.54. The molecule has 0 atom stereocenters. The lowest BCUT2D eigenvalue weighted by Gasteiger charge is -2.24. The van der Waals surface area contributed by atoms with E-state index in [1.54, 1.807) is 12.1 Å². The summed E-state index contributed by atoms with van der Waals surface area (Å²) in [6.07, 6.45) is 4.23. The first-order chi connectivity index (χ1) is 28.7. The van der Waals surface area contributed by atoms with Crippen LogP contribution in [-0.2, 0) is 39.7 Å². The molecule has 3 N–H and O–H groups in total. The van der Waals surface area contributed by atoms with Crippen LogP contribution in [0.3, 0.4) is 0 Å². The molecule has 0 saturated heterocycles. The fourth-order valence-corrected chi connectivity index (χ4v) is 8.52.